The van der Waals surface area contributed by atoms with Gasteiger partial charge in [-0.05, 0) is 43.8 Å². The molecule has 0 radical (unpaired) electrons. The third-order valence-corrected chi connectivity index (χ3v) is 5.81. The number of rotatable bonds is 4. The maximum absolute atomic E-state index is 12.2. The largest absolute Gasteiger partial charge is 0.397 e. The van der Waals surface area contributed by atoms with Crippen LogP contribution >= 0.6 is 31.9 Å². The van der Waals surface area contributed by atoms with Crippen molar-refractivity contribution >= 4 is 53.1 Å². The second kappa shape index (κ2) is 5.76. The third kappa shape index (κ3) is 3.46. The molecule has 1 aromatic rings. The van der Waals surface area contributed by atoms with Crippen molar-refractivity contribution in [3.63, 3.8) is 0 Å². The zero-order chi connectivity index (χ0) is 15.0. The molecule has 6 nitrogen and oxygen atoms in total. The summed E-state index contributed by atoms with van der Waals surface area (Å²) in [7, 11) is -3.75. The van der Waals surface area contributed by atoms with Crippen molar-refractivity contribution in [1.29, 1.82) is 0 Å². The van der Waals surface area contributed by atoms with Crippen LogP contribution in [-0.4, -0.2) is 19.1 Å². The van der Waals surface area contributed by atoms with Crippen molar-refractivity contribution in [2.24, 2.45) is 5.92 Å². The van der Waals surface area contributed by atoms with Gasteiger partial charge in [-0.1, -0.05) is 13.8 Å². The van der Waals surface area contributed by atoms with Crippen molar-refractivity contribution in [2.75, 3.05) is 11.5 Å². The van der Waals surface area contributed by atoms with Crippen LogP contribution in [0.15, 0.2) is 19.9 Å². The van der Waals surface area contributed by atoms with E-state index in [-0.39, 0.29) is 26.7 Å². The normalized spacial score (nSPS) is 11.8. The van der Waals surface area contributed by atoms with E-state index in [9.17, 15) is 18.5 Å². The maximum Gasteiger partial charge on any atom is 0.304 e. The van der Waals surface area contributed by atoms with Crippen LogP contribution in [0.1, 0.15) is 13.8 Å². The fraction of sp³-hybridized carbons (Fsp3) is 0.400. The zero-order valence-electron chi connectivity index (χ0n) is 10.2. The van der Waals surface area contributed by atoms with E-state index >= 15 is 0 Å². The lowest BCUT2D eigenvalue weighted by atomic mass is 10.3. The Morgan fingerprint density at radius 1 is 1.42 bits per heavy atom. The first-order valence-electron chi connectivity index (χ1n) is 5.22. The number of hydrogen-bond acceptors (Lipinski definition) is 5. The Kier molecular flexibility index (Phi) is 4.97. The Bertz CT molecular complexity index is 629. The van der Waals surface area contributed by atoms with Gasteiger partial charge in [0.1, 0.15) is 9.37 Å². The first-order chi connectivity index (χ1) is 8.58. The van der Waals surface area contributed by atoms with E-state index in [1.54, 1.807) is 13.8 Å². The third-order valence-electron chi connectivity index (χ3n) is 2.26. The lowest BCUT2D eigenvalue weighted by Gasteiger charge is -2.11. The number of benzene rings is 1. The van der Waals surface area contributed by atoms with E-state index in [1.807, 2.05) is 0 Å². The van der Waals surface area contributed by atoms with Gasteiger partial charge in [-0.25, -0.2) is 8.42 Å². The predicted octanol–water partition coefficient (Wildman–Crippen LogP) is 3.13. The highest BCUT2D eigenvalue weighted by atomic mass is 79.9. The lowest BCUT2D eigenvalue weighted by molar-refractivity contribution is -0.388. The number of nitrogens with two attached hydrogens (primary N) is 1. The monoisotopic (exact) mass is 414 g/mol. The summed E-state index contributed by atoms with van der Waals surface area (Å²) in [5, 5.41) is 11.1. The van der Waals surface area contributed by atoms with Gasteiger partial charge in [0.15, 0.2) is 9.84 Å². The summed E-state index contributed by atoms with van der Waals surface area (Å²) >= 11 is 6.08. The van der Waals surface area contributed by atoms with Crippen molar-refractivity contribution < 1.29 is 13.3 Å². The minimum atomic E-state index is -3.75. The van der Waals surface area contributed by atoms with Gasteiger partial charge in [0.05, 0.1) is 16.4 Å². The number of halogens is 2. The Labute approximate surface area is 127 Å². The summed E-state index contributed by atoms with van der Waals surface area (Å²) in [6.45, 7) is 3.45. The van der Waals surface area contributed by atoms with Gasteiger partial charge in [0.25, 0.3) is 0 Å². The average Bonchev–Trinajstić information content (AvgIpc) is 2.22. The number of nitro benzene ring substituents is 1. The molecule has 0 aliphatic carbocycles. The molecule has 0 aromatic heterocycles. The van der Waals surface area contributed by atoms with E-state index in [0.717, 1.165) is 0 Å². The molecular weight excluding hydrogens is 404 g/mol. The van der Waals surface area contributed by atoms with Gasteiger partial charge in [-0.15, -0.1) is 0 Å². The molecule has 0 saturated carbocycles. The molecule has 0 saturated heterocycles. The molecule has 0 atom stereocenters. The van der Waals surface area contributed by atoms with Crippen LogP contribution in [0.3, 0.4) is 0 Å². The van der Waals surface area contributed by atoms with E-state index in [2.05, 4.69) is 31.9 Å². The minimum absolute atomic E-state index is 0.0331. The van der Waals surface area contributed by atoms with Crippen LogP contribution in [0.2, 0.25) is 0 Å². The number of nitrogen functional groups attached to an aromatic ring is 1. The highest BCUT2D eigenvalue weighted by molar-refractivity contribution is 9.11. The molecule has 0 amide bonds. The fourth-order valence-corrected chi connectivity index (χ4v) is 4.91. The molecule has 0 fully saturated rings. The van der Waals surface area contributed by atoms with Crippen LogP contribution in [0, 0.1) is 16.0 Å². The summed E-state index contributed by atoms with van der Waals surface area (Å²) in [6.07, 6.45) is 0. The minimum Gasteiger partial charge on any atom is -0.397 e. The van der Waals surface area contributed by atoms with Crippen molar-refractivity contribution in [1.82, 2.24) is 0 Å². The SMILES string of the molecule is CC(C)CS(=O)(=O)c1cc(Br)c(N)c(Br)c1[N+](=O)[O-]. The number of hydrogen-bond donors (Lipinski definition) is 1. The molecule has 2 N–H and O–H groups in total. The van der Waals surface area contributed by atoms with Gasteiger partial charge in [-0.2, -0.15) is 0 Å². The molecule has 1 rings (SSSR count). The molecule has 19 heavy (non-hydrogen) atoms. The Balaban J connectivity index is 3.65. The molecule has 0 aliphatic heterocycles. The number of sulfone groups is 1. The van der Waals surface area contributed by atoms with Crippen LogP contribution < -0.4 is 5.73 Å². The second-order valence-electron chi connectivity index (χ2n) is 4.37. The molecule has 106 valence electrons. The first-order valence-corrected chi connectivity index (χ1v) is 8.46. The van der Waals surface area contributed by atoms with E-state index in [4.69, 9.17) is 5.73 Å². The molecular formula is C10H12Br2N2O4S. The van der Waals surface area contributed by atoms with Gasteiger partial charge in [-0.3, -0.25) is 10.1 Å². The molecule has 0 spiro atoms. The summed E-state index contributed by atoms with van der Waals surface area (Å²) in [5.41, 5.74) is 5.21. The van der Waals surface area contributed by atoms with Crippen LogP contribution in [-0.2, 0) is 9.84 Å². The highest BCUT2D eigenvalue weighted by Crippen LogP contribution is 2.41. The smallest absolute Gasteiger partial charge is 0.304 e. The van der Waals surface area contributed by atoms with Crippen LogP contribution in [0.25, 0.3) is 0 Å². The Hall–Kier alpha value is -0.670. The topological polar surface area (TPSA) is 103 Å². The van der Waals surface area contributed by atoms with Crippen molar-refractivity contribution in [3.05, 3.63) is 25.1 Å². The number of anilines is 1. The van der Waals surface area contributed by atoms with E-state index < -0.39 is 20.4 Å². The Morgan fingerprint density at radius 2 is 1.95 bits per heavy atom. The van der Waals surface area contributed by atoms with Gasteiger partial charge < -0.3 is 5.73 Å². The molecule has 0 unspecified atom stereocenters. The summed E-state index contributed by atoms with van der Waals surface area (Å²) in [5.74, 6) is -0.309. The Morgan fingerprint density at radius 3 is 2.37 bits per heavy atom. The van der Waals surface area contributed by atoms with Crippen molar-refractivity contribution in [3.8, 4) is 0 Å². The number of nitro groups is 1. The molecule has 0 bridgehead atoms. The van der Waals surface area contributed by atoms with Crippen LogP contribution in [0.4, 0.5) is 11.4 Å². The zero-order valence-corrected chi connectivity index (χ0v) is 14.2. The van der Waals surface area contributed by atoms with Gasteiger partial charge in [0, 0.05) is 4.47 Å². The number of nitrogens with zero attached hydrogens (tertiary/aromatic N) is 1. The van der Waals surface area contributed by atoms with E-state index in [1.165, 1.54) is 6.07 Å². The summed E-state index contributed by atoms with van der Waals surface area (Å²) < 4.78 is 24.7. The molecule has 0 heterocycles. The fourth-order valence-electron chi connectivity index (χ4n) is 1.54. The van der Waals surface area contributed by atoms with Crippen molar-refractivity contribution in [2.45, 2.75) is 18.7 Å². The maximum atomic E-state index is 12.2. The quantitative estimate of drug-likeness (QED) is 0.462. The van der Waals surface area contributed by atoms with E-state index in [0.29, 0.717) is 4.47 Å². The first kappa shape index (κ1) is 16.4. The summed E-state index contributed by atoms with van der Waals surface area (Å²) in [4.78, 5) is 9.99. The summed E-state index contributed by atoms with van der Waals surface area (Å²) in [6, 6.07) is 1.18. The second-order valence-corrected chi connectivity index (χ2v) is 8.02. The molecule has 9 heteroatoms. The standard InChI is InChI=1S/C10H12Br2N2O4S/c1-5(2)4-19(17,18)7-3-6(11)9(13)8(12)10(7)14(15)16/h3,5H,4,13H2,1-2H3. The predicted molar refractivity (Wildman–Crippen MR) is 79.8 cm³/mol. The van der Waals surface area contributed by atoms with Crippen LogP contribution in [0.5, 0.6) is 0 Å². The van der Waals surface area contributed by atoms with Gasteiger partial charge >= 0.3 is 5.69 Å². The molecule has 1 aromatic carbocycles. The molecule has 0 aliphatic rings. The van der Waals surface area contributed by atoms with Gasteiger partial charge in [0.2, 0.25) is 0 Å². The highest BCUT2D eigenvalue weighted by Gasteiger charge is 2.31. The lowest BCUT2D eigenvalue weighted by Crippen LogP contribution is -2.14. The average molecular weight is 416 g/mol.